The van der Waals surface area contributed by atoms with Crippen molar-refractivity contribution in [2.24, 2.45) is 11.8 Å². The molecule has 0 radical (unpaired) electrons. The fourth-order valence-corrected chi connectivity index (χ4v) is 3.37. The van der Waals surface area contributed by atoms with E-state index in [1.54, 1.807) is 0 Å². The van der Waals surface area contributed by atoms with Crippen LogP contribution in [0.3, 0.4) is 0 Å². The zero-order valence-corrected chi connectivity index (χ0v) is 13.2. The standard InChI is InChI=1S/C16H24O5/c1-8(2)6-7-10-13-14(21-16(4,5)20-13)11-12(19-10)9(3)18-15(11)17/h6-14H,1-5H3/b7-6-/t9-,10-,11-,12+,13-,14-/m0/s1. The van der Waals surface area contributed by atoms with Crippen LogP contribution in [-0.4, -0.2) is 42.3 Å². The fraction of sp³-hybridized carbons (Fsp3) is 0.812. The van der Waals surface area contributed by atoms with E-state index in [0.29, 0.717) is 5.92 Å². The molecule has 3 rings (SSSR count). The Morgan fingerprint density at radius 2 is 1.81 bits per heavy atom. The van der Waals surface area contributed by atoms with Crippen LogP contribution < -0.4 is 0 Å². The number of hydrogen-bond donors (Lipinski definition) is 0. The minimum Gasteiger partial charge on any atom is -0.460 e. The molecule has 0 aliphatic carbocycles. The monoisotopic (exact) mass is 296 g/mol. The second-order valence-corrected chi connectivity index (χ2v) is 6.93. The van der Waals surface area contributed by atoms with Crippen LogP contribution in [0.1, 0.15) is 34.6 Å². The van der Waals surface area contributed by atoms with Gasteiger partial charge in [-0.05, 0) is 26.7 Å². The molecule has 0 aromatic heterocycles. The molecule has 3 saturated heterocycles. The van der Waals surface area contributed by atoms with Crippen LogP contribution in [-0.2, 0) is 23.7 Å². The lowest BCUT2D eigenvalue weighted by molar-refractivity contribution is -0.157. The molecule has 0 bridgehead atoms. The van der Waals surface area contributed by atoms with Gasteiger partial charge in [-0.25, -0.2) is 0 Å². The van der Waals surface area contributed by atoms with Crippen LogP contribution in [0.5, 0.6) is 0 Å². The summed E-state index contributed by atoms with van der Waals surface area (Å²) in [5, 5.41) is 0. The van der Waals surface area contributed by atoms with Crippen molar-refractivity contribution in [3.63, 3.8) is 0 Å². The van der Waals surface area contributed by atoms with Crippen LogP contribution in [0.25, 0.3) is 0 Å². The Morgan fingerprint density at radius 1 is 1.14 bits per heavy atom. The summed E-state index contributed by atoms with van der Waals surface area (Å²) in [6.45, 7) is 9.83. The first kappa shape index (κ1) is 15.0. The third-order valence-electron chi connectivity index (χ3n) is 4.23. The highest BCUT2D eigenvalue weighted by Gasteiger charge is 2.61. The van der Waals surface area contributed by atoms with Gasteiger partial charge in [0, 0.05) is 0 Å². The van der Waals surface area contributed by atoms with Gasteiger partial charge in [0.15, 0.2) is 5.79 Å². The maximum absolute atomic E-state index is 12.1. The van der Waals surface area contributed by atoms with Gasteiger partial charge in [0.1, 0.15) is 36.4 Å². The van der Waals surface area contributed by atoms with Crippen molar-refractivity contribution < 1.29 is 23.7 Å². The Balaban J connectivity index is 1.89. The zero-order chi connectivity index (χ0) is 15.4. The Labute approximate surface area is 125 Å². The van der Waals surface area contributed by atoms with Gasteiger partial charge in [-0.15, -0.1) is 0 Å². The number of carbonyl (C=O) groups is 1. The third-order valence-corrected chi connectivity index (χ3v) is 4.23. The SMILES string of the molecule is CC(C)/C=C\[C@@H]1O[C@H]2[C@H](C(=O)O[C@H]2C)[C@@H]2OC(C)(C)O[C@H]21. The van der Waals surface area contributed by atoms with Gasteiger partial charge >= 0.3 is 5.97 Å². The van der Waals surface area contributed by atoms with Crippen molar-refractivity contribution in [2.75, 3.05) is 0 Å². The molecule has 5 heteroatoms. The third kappa shape index (κ3) is 2.62. The molecule has 5 nitrogen and oxygen atoms in total. The maximum atomic E-state index is 12.1. The van der Waals surface area contributed by atoms with Gasteiger partial charge in [-0.1, -0.05) is 26.0 Å². The van der Waals surface area contributed by atoms with Gasteiger partial charge < -0.3 is 18.9 Å². The fourth-order valence-electron chi connectivity index (χ4n) is 3.37. The Hall–Kier alpha value is -0.910. The van der Waals surface area contributed by atoms with E-state index in [1.165, 1.54) is 0 Å². The van der Waals surface area contributed by atoms with Crippen molar-refractivity contribution in [1.82, 2.24) is 0 Å². The summed E-state index contributed by atoms with van der Waals surface area (Å²) in [6.07, 6.45) is 2.82. The highest BCUT2D eigenvalue weighted by molar-refractivity contribution is 5.77. The largest absolute Gasteiger partial charge is 0.460 e. The average molecular weight is 296 g/mol. The predicted molar refractivity (Wildman–Crippen MR) is 75.5 cm³/mol. The van der Waals surface area contributed by atoms with E-state index in [1.807, 2.05) is 26.8 Å². The topological polar surface area (TPSA) is 54.0 Å². The lowest BCUT2D eigenvalue weighted by atomic mass is 9.86. The normalized spacial score (nSPS) is 45.0. The second kappa shape index (κ2) is 5.07. The predicted octanol–water partition coefficient (Wildman–Crippen LogP) is 2.05. The molecule has 0 N–H and O–H groups in total. The summed E-state index contributed by atoms with van der Waals surface area (Å²) in [4.78, 5) is 12.1. The first-order chi connectivity index (χ1) is 9.78. The van der Waals surface area contributed by atoms with Crippen molar-refractivity contribution >= 4 is 5.97 Å². The number of esters is 1. The highest BCUT2D eigenvalue weighted by atomic mass is 16.8. The van der Waals surface area contributed by atoms with E-state index in [0.717, 1.165) is 0 Å². The number of allylic oxidation sites excluding steroid dienone is 1. The van der Waals surface area contributed by atoms with E-state index in [2.05, 4.69) is 19.9 Å². The first-order valence-corrected chi connectivity index (χ1v) is 7.68. The quantitative estimate of drug-likeness (QED) is 0.576. The van der Waals surface area contributed by atoms with E-state index in [9.17, 15) is 4.79 Å². The highest BCUT2D eigenvalue weighted by Crippen LogP contribution is 2.44. The molecule has 3 heterocycles. The lowest BCUT2D eigenvalue weighted by Crippen LogP contribution is -2.53. The molecule has 0 spiro atoms. The number of ether oxygens (including phenoxy) is 4. The molecule has 118 valence electrons. The second-order valence-electron chi connectivity index (χ2n) is 6.93. The van der Waals surface area contributed by atoms with Crippen molar-refractivity contribution in [3.05, 3.63) is 12.2 Å². The van der Waals surface area contributed by atoms with Crippen LogP contribution in [0.15, 0.2) is 12.2 Å². The van der Waals surface area contributed by atoms with Gasteiger partial charge in [0.25, 0.3) is 0 Å². The molecule has 0 amide bonds. The first-order valence-electron chi connectivity index (χ1n) is 7.68. The Morgan fingerprint density at radius 3 is 2.48 bits per heavy atom. The molecule has 3 aliphatic rings. The average Bonchev–Trinajstić information content (AvgIpc) is 2.82. The molecular weight excluding hydrogens is 272 g/mol. The van der Waals surface area contributed by atoms with Gasteiger partial charge in [-0.3, -0.25) is 4.79 Å². The van der Waals surface area contributed by atoms with Gasteiger partial charge in [-0.2, -0.15) is 0 Å². The Kier molecular flexibility index (Phi) is 3.62. The van der Waals surface area contributed by atoms with E-state index in [-0.39, 0.29) is 36.5 Å². The van der Waals surface area contributed by atoms with Crippen molar-refractivity contribution in [2.45, 2.75) is 70.9 Å². The van der Waals surface area contributed by atoms with Crippen molar-refractivity contribution in [3.8, 4) is 0 Å². The number of rotatable bonds is 2. The minimum atomic E-state index is -0.705. The zero-order valence-electron chi connectivity index (χ0n) is 13.2. The lowest BCUT2D eigenvalue weighted by Gasteiger charge is -2.37. The summed E-state index contributed by atoms with van der Waals surface area (Å²) in [5.41, 5.74) is 0. The number of hydrogen-bond acceptors (Lipinski definition) is 5. The summed E-state index contributed by atoms with van der Waals surface area (Å²) >= 11 is 0. The number of carbonyl (C=O) groups excluding carboxylic acids is 1. The summed E-state index contributed by atoms with van der Waals surface area (Å²) < 4.78 is 23.4. The molecule has 0 aromatic rings. The molecule has 3 aliphatic heterocycles. The van der Waals surface area contributed by atoms with E-state index >= 15 is 0 Å². The maximum Gasteiger partial charge on any atom is 0.314 e. The number of fused-ring (bicyclic) bond motifs is 3. The molecule has 21 heavy (non-hydrogen) atoms. The van der Waals surface area contributed by atoms with Gasteiger partial charge in [0.2, 0.25) is 0 Å². The smallest absolute Gasteiger partial charge is 0.314 e. The molecule has 0 aromatic carbocycles. The minimum absolute atomic E-state index is 0.211. The van der Waals surface area contributed by atoms with Crippen LogP contribution in [0.4, 0.5) is 0 Å². The van der Waals surface area contributed by atoms with Gasteiger partial charge in [0.05, 0.1) is 0 Å². The Bertz CT molecular complexity index is 456. The molecular formula is C16H24O5. The molecule has 0 saturated carbocycles. The summed E-state index contributed by atoms with van der Waals surface area (Å²) in [6, 6.07) is 0. The van der Waals surface area contributed by atoms with Crippen LogP contribution in [0.2, 0.25) is 0 Å². The van der Waals surface area contributed by atoms with Crippen LogP contribution >= 0.6 is 0 Å². The van der Waals surface area contributed by atoms with Crippen molar-refractivity contribution in [1.29, 1.82) is 0 Å². The summed E-state index contributed by atoms with van der Waals surface area (Å²) in [5.74, 6) is -0.909. The van der Waals surface area contributed by atoms with E-state index < -0.39 is 11.7 Å². The molecule has 6 atom stereocenters. The molecule has 0 unspecified atom stereocenters. The summed E-state index contributed by atoms with van der Waals surface area (Å²) in [7, 11) is 0. The van der Waals surface area contributed by atoms with E-state index in [4.69, 9.17) is 18.9 Å². The number of cyclic esters (lactones) is 1. The molecule has 3 fully saturated rings. The van der Waals surface area contributed by atoms with Crippen LogP contribution in [0, 0.1) is 11.8 Å².